The van der Waals surface area contributed by atoms with Crippen molar-refractivity contribution in [2.75, 3.05) is 14.2 Å². The third kappa shape index (κ3) is 4.44. The lowest BCUT2D eigenvalue weighted by molar-refractivity contribution is -0.120. The largest absolute Gasteiger partial charge is 0.493 e. The molecule has 2 aromatic rings. The molecule has 130 valence electrons. The first-order chi connectivity index (χ1) is 11.4. The summed E-state index contributed by atoms with van der Waals surface area (Å²) in [5, 5.41) is 3.11. The third-order valence-corrected chi connectivity index (χ3v) is 4.51. The molecule has 0 bridgehead atoms. The number of oxazole rings is 1. The Morgan fingerprint density at radius 1 is 1.29 bits per heavy atom. The number of ether oxygens (including phenoxy) is 2. The molecular formula is C17H22N2O4S. The number of nitrogens with zero attached hydrogens (tertiary/aromatic N) is 1. The van der Waals surface area contributed by atoms with Gasteiger partial charge in [0.25, 0.3) is 5.22 Å². The second-order valence-corrected chi connectivity index (χ2v) is 6.58. The average Bonchev–Trinajstić information content (AvgIpc) is 2.89. The van der Waals surface area contributed by atoms with Gasteiger partial charge in [-0.2, -0.15) is 0 Å². The molecule has 6 nitrogen and oxygen atoms in total. The molecule has 0 aliphatic rings. The molecule has 2 rings (SSSR count). The molecule has 1 unspecified atom stereocenters. The zero-order valence-corrected chi connectivity index (χ0v) is 15.3. The number of carbonyl (C=O) groups is 1. The topological polar surface area (TPSA) is 73.6 Å². The van der Waals surface area contributed by atoms with Gasteiger partial charge in [-0.25, -0.2) is 4.98 Å². The Balaban J connectivity index is 1.92. The van der Waals surface area contributed by atoms with Gasteiger partial charge in [-0.1, -0.05) is 17.8 Å². The van der Waals surface area contributed by atoms with E-state index in [1.54, 1.807) is 14.2 Å². The second kappa shape index (κ2) is 8.10. The first-order valence-corrected chi connectivity index (χ1v) is 8.41. The minimum absolute atomic E-state index is 0.0803. The van der Waals surface area contributed by atoms with E-state index < -0.39 is 0 Å². The van der Waals surface area contributed by atoms with E-state index in [4.69, 9.17) is 13.9 Å². The van der Waals surface area contributed by atoms with E-state index in [-0.39, 0.29) is 11.2 Å². The van der Waals surface area contributed by atoms with Crippen molar-refractivity contribution in [2.24, 2.45) is 0 Å². The van der Waals surface area contributed by atoms with Crippen LogP contribution in [0.4, 0.5) is 0 Å². The molecule has 1 N–H and O–H groups in total. The number of nitrogens with one attached hydrogen (secondary N) is 1. The summed E-state index contributed by atoms with van der Waals surface area (Å²) in [4.78, 5) is 16.5. The van der Waals surface area contributed by atoms with Gasteiger partial charge in [-0.05, 0) is 38.5 Å². The fourth-order valence-corrected chi connectivity index (χ4v) is 2.88. The smallest absolute Gasteiger partial charge is 0.256 e. The summed E-state index contributed by atoms with van der Waals surface area (Å²) in [5.41, 5.74) is 1.77. The summed E-state index contributed by atoms with van der Waals surface area (Å²) in [5.74, 6) is 1.99. The fourth-order valence-electron chi connectivity index (χ4n) is 2.02. The maximum atomic E-state index is 12.2. The summed E-state index contributed by atoms with van der Waals surface area (Å²) in [6, 6.07) is 5.55. The van der Waals surface area contributed by atoms with Crippen LogP contribution in [-0.4, -0.2) is 30.4 Å². The number of aryl methyl sites for hydroxylation is 2. The van der Waals surface area contributed by atoms with Gasteiger partial charge in [0.05, 0.1) is 25.2 Å². The lowest BCUT2D eigenvalue weighted by atomic mass is 10.2. The third-order valence-electron chi connectivity index (χ3n) is 3.57. The van der Waals surface area contributed by atoms with Crippen molar-refractivity contribution in [3.8, 4) is 11.5 Å². The summed E-state index contributed by atoms with van der Waals surface area (Å²) >= 11 is 1.30. The van der Waals surface area contributed by atoms with Crippen molar-refractivity contribution in [2.45, 2.75) is 37.8 Å². The van der Waals surface area contributed by atoms with E-state index >= 15 is 0 Å². The van der Waals surface area contributed by atoms with E-state index in [0.29, 0.717) is 23.3 Å². The molecule has 0 spiro atoms. The zero-order valence-electron chi connectivity index (χ0n) is 14.5. The van der Waals surface area contributed by atoms with Crippen molar-refractivity contribution in [1.82, 2.24) is 10.3 Å². The molecule has 0 saturated carbocycles. The molecule has 1 aromatic carbocycles. The van der Waals surface area contributed by atoms with Crippen molar-refractivity contribution >= 4 is 17.7 Å². The van der Waals surface area contributed by atoms with Gasteiger partial charge in [-0.15, -0.1) is 0 Å². The molecule has 1 amide bonds. The van der Waals surface area contributed by atoms with Crippen molar-refractivity contribution < 1.29 is 18.7 Å². The van der Waals surface area contributed by atoms with Crippen molar-refractivity contribution in [1.29, 1.82) is 0 Å². The van der Waals surface area contributed by atoms with Gasteiger partial charge in [0, 0.05) is 6.54 Å². The predicted molar refractivity (Wildman–Crippen MR) is 92.7 cm³/mol. The van der Waals surface area contributed by atoms with Crippen LogP contribution in [-0.2, 0) is 11.3 Å². The number of methoxy groups -OCH3 is 2. The van der Waals surface area contributed by atoms with E-state index in [9.17, 15) is 4.79 Å². The normalized spacial score (nSPS) is 11.9. The zero-order chi connectivity index (χ0) is 17.7. The number of carbonyl (C=O) groups excluding carboxylic acids is 1. The Labute approximate surface area is 145 Å². The van der Waals surface area contributed by atoms with Crippen LogP contribution in [0.3, 0.4) is 0 Å². The van der Waals surface area contributed by atoms with Crippen LogP contribution in [0, 0.1) is 13.8 Å². The Hall–Kier alpha value is -2.15. The highest BCUT2D eigenvalue weighted by Crippen LogP contribution is 2.28. The van der Waals surface area contributed by atoms with Crippen LogP contribution in [0.25, 0.3) is 0 Å². The molecule has 0 saturated heterocycles. The number of benzene rings is 1. The lowest BCUT2D eigenvalue weighted by Crippen LogP contribution is -2.30. The summed E-state index contributed by atoms with van der Waals surface area (Å²) in [7, 11) is 3.17. The monoisotopic (exact) mass is 350 g/mol. The van der Waals surface area contributed by atoms with Gasteiger partial charge in [0.1, 0.15) is 5.76 Å². The van der Waals surface area contributed by atoms with Crippen LogP contribution < -0.4 is 14.8 Å². The van der Waals surface area contributed by atoms with Crippen molar-refractivity contribution in [3.05, 3.63) is 35.2 Å². The SMILES string of the molecule is COc1ccc(CNC(=O)C(C)Sc2nc(C)c(C)o2)cc1OC. The Bertz CT molecular complexity index is 695. The first-order valence-electron chi connectivity index (χ1n) is 7.54. The highest BCUT2D eigenvalue weighted by Gasteiger charge is 2.18. The number of thioether (sulfide) groups is 1. The Kier molecular flexibility index (Phi) is 6.14. The molecule has 0 aliphatic heterocycles. The lowest BCUT2D eigenvalue weighted by Gasteiger charge is -2.12. The minimum Gasteiger partial charge on any atom is -0.493 e. The number of aromatic nitrogens is 1. The van der Waals surface area contributed by atoms with Gasteiger partial charge >= 0.3 is 0 Å². The molecular weight excluding hydrogens is 328 g/mol. The van der Waals surface area contributed by atoms with E-state index in [1.807, 2.05) is 39.0 Å². The maximum absolute atomic E-state index is 12.2. The van der Waals surface area contributed by atoms with Crippen LogP contribution in [0.1, 0.15) is 23.9 Å². The molecule has 1 atom stereocenters. The maximum Gasteiger partial charge on any atom is 0.256 e. The minimum atomic E-state index is -0.303. The number of hydrogen-bond acceptors (Lipinski definition) is 6. The Morgan fingerprint density at radius 2 is 2.00 bits per heavy atom. The van der Waals surface area contributed by atoms with Crippen LogP contribution in [0.15, 0.2) is 27.8 Å². The molecule has 7 heteroatoms. The van der Waals surface area contributed by atoms with Gasteiger partial charge < -0.3 is 19.2 Å². The van der Waals surface area contributed by atoms with Crippen molar-refractivity contribution in [3.63, 3.8) is 0 Å². The first kappa shape index (κ1) is 18.2. The highest BCUT2D eigenvalue weighted by atomic mass is 32.2. The van der Waals surface area contributed by atoms with E-state index in [2.05, 4.69) is 10.3 Å². The Morgan fingerprint density at radius 3 is 2.58 bits per heavy atom. The van der Waals surface area contributed by atoms with Gasteiger partial charge in [0.15, 0.2) is 11.5 Å². The predicted octanol–water partition coefficient (Wildman–Crippen LogP) is 3.11. The summed E-state index contributed by atoms with van der Waals surface area (Å²) in [6.07, 6.45) is 0. The fraction of sp³-hybridized carbons (Fsp3) is 0.412. The molecule has 1 heterocycles. The highest BCUT2D eigenvalue weighted by molar-refractivity contribution is 8.00. The van der Waals surface area contributed by atoms with Gasteiger partial charge in [-0.3, -0.25) is 4.79 Å². The molecule has 0 fully saturated rings. The van der Waals surface area contributed by atoms with Crippen LogP contribution in [0.5, 0.6) is 11.5 Å². The van der Waals surface area contributed by atoms with E-state index in [0.717, 1.165) is 17.0 Å². The molecule has 0 aliphatic carbocycles. The standard InChI is InChI=1S/C17H22N2O4S/c1-10-11(2)23-17(19-10)24-12(3)16(20)18-9-13-6-7-14(21-4)15(8-13)22-5/h6-8,12H,9H2,1-5H3,(H,18,20). The number of hydrogen-bond donors (Lipinski definition) is 1. The quantitative estimate of drug-likeness (QED) is 0.774. The van der Waals surface area contributed by atoms with Crippen LogP contribution in [0.2, 0.25) is 0 Å². The number of amides is 1. The summed E-state index contributed by atoms with van der Waals surface area (Å²) in [6.45, 7) is 5.97. The average molecular weight is 350 g/mol. The van der Waals surface area contributed by atoms with Gasteiger partial charge in [0.2, 0.25) is 5.91 Å². The molecule has 0 radical (unpaired) electrons. The molecule has 1 aromatic heterocycles. The number of rotatable bonds is 7. The summed E-state index contributed by atoms with van der Waals surface area (Å²) < 4.78 is 16.0. The molecule has 24 heavy (non-hydrogen) atoms. The van der Waals surface area contributed by atoms with Crippen LogP contribution >= 0.6 is 11.8 Å². The van der Waals surface area contributed by atoms with E-state index in [1.165, 1.54) is 11.8 Å². The second-order valence-electron chi connectivity index (χ2n) is 5.29.